The van der Waals surface area contributed by atoms with Gasteiger partial charge in [-0.2, -0.15) is 0 Å². The van der Waals surface area contributed by atoms with Gasteiger partial charge in [0, 0.05) is 38.1 Å². The van der Waals surface area contributed by atoms with Gasteiger partial charge in [0.2, 0.25) is 0 Å². The molecule has 0 amide bonds. The van der Waals surface area contributed by atoms with Crippen molar-refractivity contribution in [3.8, 4) is 11.5 Å². The van der Waals surface area contributed by atoms with E-state index in [1.807, 2.05) is 18.2 Å². The number of carbonyl (C=O) groups excluding carboxylic acids is 2. The molecule has 0 heterocycles. The van der Waals surface area contributed by atoms with Gasteiger partial charge >= 0.3 is 11.9 Å². The molecule has 0 saturated carbocycles. The number of carbonyl (C=O) groups is 2. The number of benzene rings is 2. The van der Waals surface area contributed by atoms with Crippen LogP contribution in [0.25, 0.3) is 10.8 Å². The van der Waals surface area contributed by atoms with Crippen LogP contribution in [0.15, 0.2) is 42.5 Å². The third-order valence-corrected chi connectivity index (χ3v) is 5.54. The highest BCUT2D eigenvalue weighted by Gasteiger charge is 2.24. The van der Waals surface area contributed by atoms with Crippen molar-refractivity contribution in [1.82, 2.24) is 0 Å². The molecule has 0 N–H and O–H groups in total. The van der Waals surface area contributed by atoms with E-state index in [2.05, 4.69) is 13.2 Å². The van der Waals surface area contributed by atoms with Crippen LogP contribution >= 0.6 is 11.6 Å². The van der Waals surface area contributed by atoms with Gasteiger partial charge in [0.15, 0.2) is 0 Å². The van der Waals surface area contributed by atoms with E-state index >= 15 is 0 Å². The van der Waals surface area contributed by atoms with E-state index in [4.69, 9.17) is 30.5 Å². The number of fused-ring (bicyclic) bond motifs is 2. The summed E-state index contributed by atoms with van der Waals surface area (Å²) in [6, 6.07) is 5.58. The molecule has 0 spiro atoms. The summed E-state index contributed by atoms with van der Waals surface area (Å²) < 4.78 is 22.6. The second-order valence-electron chi connectivity index (χ2n) is 8.04. The van der Waals surface area contributed by atoms with Crippen molar-refractivity contribution in [3.05, 3.63) is 58.7 Å². The second kappa shape index (κ2) is 11.2. The van der Waals surface area contributed by atoms with Crippen molar-refractivity contribution < 1.29 is 28.5 Å². The molecule has 7 heteroatoms. The zero-order valence-electron chi connectivity index (χ0n) is 19.1. The van der Waals surface area contributed by atoms with Gasteiger partial charge < -0.3 is 18.9 Å². The molecule has 0 aliphatic heterocycles. The third-order valence-electron chi connectivity index (χ3n) is 5.31. The SMILES string of the molecule is C=C(C)C(=O)OCCOc1c2c(c(OCCOC(=O)C(=C)C)c3cc(Cl)ccc13)CCCC2. The smallest absolute Gasteiger partial charge is 0.333 e. The summed E-state index contributed by atoms with van der Waals surface area (Å²) in [5, 5.41) is 2.29. The van der Waals surface area contributed by atoms with Crippen LogP contribution < -0.4 is 9.47 Å². The zero-order chi connectivity index (χ0) is 24.0. The molecular weight excluding hydrogens is 444 g/mol. The first kappa shape index (κ1) is 24.6. The fraction of sp³-hybridized carbons (Fsp3) is 0.385. The van der Waals surface area contributed by atoms with Gasteiger partial charge in [-0.15, -0.1) is 0 Å². The van der Waals surface area contributed by atoms with Gasteiger partial charge in [0.1, 0.15) is 37.9 Å². The Morgan fingerprint density at radius 3 is 1.79 bits per heavy atom. The summed E-state index contributed by atoms with van der Waals surface area (Å²) in [7, 11) is 0. The van der Waals surface area contributed by atoms with E-state index in [0.717, 1.165) is 59.1 Å². The lowest BCUT2D eigenvalue weighted by atomic mass is 9.87. The van der Waals surface area contributed by atoms with Crippen molar-refractivity contribution in [3.63, 3.8) is 0 Å². The van der Waals surface area contributed by atoms with Gasteiger partial charge in [-0.25, -0.2) is 9.59 Å². The summed E-state index contributed by atoms with van der Waals surface area (Å²) in [6.45, 7) is 11.1. The van der Waals surface area contributed by atoms with E-state index in [0.29, 0.717) is 16.2 Å². The molecule has 176 valence electrons. The molecule has 1 aliphatic rings. The number of esters is 2. The number of ether oxygens (including phenoxy) is 4. The van der Waals surface area contributed by atoms with Crippen LogP contribution in [0.2, 0.25) is 5.02 Å². The fourth-order valence-corrected chi connectivity index (χ4v) is 3.94. The second-order valence-corrected chi connectivity index (χ2v) is 8.48. The monoisotopic (exact) mass is 472 g/mol. The Morgan fingerprint density at radius 2 is 1.30 bits per heavy atom. The van der Waals surface area contributed by atoms with E-state index in [1.54, 1.807) is 13.8 Å². The Kier molecular flexibility index (Phi) is 8.39. The minimum Gasteiger partial charge on any atom is -0.489 e. The van der Waals surface area contributed by atoms with Crippen molar-refractivity contribution in [2.24, 2.45) is 0 Å². The standard InChI is InChI=1S/C26H29ClO6/c1-16(2)25(28)32-13-11-30-23-19-7-5-6-8-20(19)24(22-15-18(27)9-10-21(22)23)31-12-14-33-26(29)17(3)4/h9-10,15H,1,3,5-8,11-14H2,2,4H3. The van der Waals surface area contributed by atoms with Gasteiger partial charge in [-0.3, -0.25) is 0 Å². The molecule has 0 radical (unpaired) electrons. The minimum absolute atomic E-state index is 0.120. The molecular formula is C26H29ClO6. The molecule has 2 aromatic carbocycles. The highest BCUT2D eigenvalue weighted by Crippen LogP contribution is 2.45. The average molecular weight is 473 g/mol. The van der Waals surface area contributed by atoms with Crippen LogP contribution in [-0.4, -0.2) is 38.4 Å². The minimum atomic E-state index is -0.440. The molecule has 6 nitrogen and oxygen atoms in total. The van der Waals surface area contributed by atoms with E-state index in [-0.39, 0.29) is 26.4 Å². The van der Waals surface area contributed by atoms with Crippen LogP contribution in [0, 0.1) is 0 Å². The summed E-state index contributed by atoms with van der Waals surface area (Å²) in [5.74, 6) is 0.636. The Labute approximate surface area is 199 Å². The Bertz CT molecular complexity index is 1090. The number of hydrogen-bond donors (Lipinski definition) is 0. The third kappa shape index (κ3) is 6.08. The molecule has 0 aromatic heterocycles. The molecule has 2 aromatic rings. The lowest BCUT2D eigenvalue weighted by Gasteiger charge is -2.25. The Hall–Kier alpha value is -2.99. The van der Waals surface area contributed by atoms with Crippen LogP contribution in [0.4, 0.5) is 0 Å². The van der Waals surface area contributed by atoms with Gasteiger partial charge in [0.25, 0.3) is 0 Å². The molecule has 0 unspecified atom stereocenters. The first-order valence-corrected chi connectivity index (χ1v) is 11.3. The van der Waals surface area contributed by atoms with Crippen molar-refractivity contribution >= 4 is 34.3 Å². The Morgan fingerprint density at radius 1 is 0.818 bits per heavy atom. The fourth-order valence-electron chi connectivity index (χ4n) is 3.77. The number of halogens is 1. The maximum absolute atomic E-state index is 11.6. The van der Waals surface area contributed by atoms with Crippen molar-refractivity contribution in [2.75, 3.05) is 26.4 Å². The molecule has 0 saturated heterocycles. The highest BCUT2D eigenvalue weighted by molar-refractivity contribution is 6.31. The normalized spacial score (nSPS) is 12.6. The maximum atomic E-state index is 11.6. The van der Waals surface area contributed by atoms with Crippen molar-refractivity contribution in [1.29, 1.82) is 0 Å². The lowest BCUT2D eigenvalue weighted by Crippen LogP contribution is -2.16. The van der Waals surface area contributed by atoms with Gasteiger partial charge in [0.05, 0.1) is 0 Å². The molecule has 33 heavy (non-hydrogen) atoms. The first-order chi connectivity index (χ1) is 15.8. The van der Waals surface area contributed by atoms with Crippen LogP contribution in [0.3, 0.4) is 0 Å². The number of hydrogen-bond acceptors (Lipinski definition) is 6. The maximum Gasteiger partial charge on any atom is 0.333 e. The van der Waals surface area contributed by atoms with E-state index in [1.165, 1.54) is 0 Å². The topological polar surface area (TPSA) is 71.1 Å². The van der Waals surface area contributed by atoms with Crippen LogP contribution in [-0.2, 0) is 31.9 Å². The first-order valence-electron chi connectivity index (χ1n) is 11.0. The largest absolute Gasteiger partial charge is 0.489 e. The van der Waals surface area contributed by atoms with E-state index in [9.17, 15) is 9.59 Å². The predicted octanol–water partition coefficient (Wildman–Crippen LogP) is 5.37. The average Bonchev–Trinajstić information content (AvgIpc) is 2.79. The summed E-state index contributed by atoms with van der Waals surface area (Å²) >= 11 is 6.31. The quantitative estimate of drug-likeness (QED) is 0.263. The van der Waals surface area contributed by atoms with Gasteiger partial charge in [-0.05, 0) is 57.7 Å². The molecule has 0 atom stereocenters. The lowest BCUT2D eigenvalue weighted by molar-refractivity contribution is -0.140. The number of rotatable bonds is 10. The summed E-state index contributed by atoms with van der Waals surface area (Å²) in [4.78, 5) is 23.3. The highest BCUT2D eigenvalue weighted by atomic mass is 35.5. The summed E-state index contributed by atoms with van der Waals surface area (Å²) in [5.41, 5.74) is 2.87. The van der Waals surface area contributed by atoms with Crippen molar-refractivity contribution in [2.45, 2.75) is 39.5 Å². The molecule has 0 bridgehead atoms. The van der Waals surface area contributed by atoms with Gasteiger partial charge in [-0.1, -0.05) is 24.8 Å². The molecule has 1 aliphatic carbocycles. The zero-order valence-corrected chi connectivity index (χ0v) is 19.9. The van der Waals surface area contributed by atoms with E-state index < -0.39 is 11.9 Å². The Balaban J connectivity index is 1.87. The molecule has 3 rings (SSSR count). The molecule has 0 fully saturated rings. The van der Waals surface area contributed by atoms with Crippen LogP contribution in [0.5, 0.6) is 11.5 Å². The summed E-state index contributed by atoms with van der Waals surface area (Å²) in [6.07, 6.45) is 3.79. The van der Waals surface area contributed by atoms with Crippen LogP contribution in [0.1, 0.15) is 37.8 Å². The predicted molar refractivity (Wildman–Crippen MR) is 128 cm³/mol.